The molecule has 156 valence electrons. The highest BCUT2D eigenvalue weighted by Crippen LogP contribution is 2.42. The third kappa shape index (κ3) is 3.29. The average molecular weight is 413 g/mol. The SMILES string of the molecule is CC(=O)Nc1ccc2c(-c3ccc4c5c(ccnc35)CCO4)c(CCO)c(C)cc2n1. The summed E-state index contributed by atoms with van der Waals surface area (Å²) in [5.74, 6) is 1.22. The molecule has 6 heteroatoms. The van der Waals surface area contributed by atoms with E-state index < -0.39 is 0 Å². The van der Waals surface area contributed by atoms with E-state index in [-0.39, 0.29) is 12.5 Å². The lowest BCUT2D eigenvalue weighted by Gasteiger charge is -2.22. The molecule has 1 aliphatic heterocycles. The van der Waals surface area contributed by atoms with Crippen molar-refractivity contribution < 1.29 is 14.6 Å². The third-order valence-electron chi connectivity index (χ3n) is 5.83. The lowest BCUT2D eigenvalue weighted by Crippen LogP contribution is -2.10. The Morgan fingerprint density at radius 2 is 2.10 bits per heavy atom. The molecule has 0 atom stereocenters. The maximum atomic E-state index is 11.5. The van der Waals surface area contributed by atoms with Crippen LogP contribution in [-0.4, -0.2) is 34.2 Å². The second kappa shape index (κ2) is 7.63. The van der Waals surface area contributed by atoms with Crippen molar-refractivity contribution in [2.75, 3.05) is 18.5 Å². The van der Waals surface area contributed by atoms with Crippen LogP contribution >= 0.6 is 0 Å². The summed E-state index contributed by atoms with van der Waals surface area (Å²) in [6, 6.07) is 11.9. The summed E-state index contributed by atoms with van der Waals surface area (Å²) >= 11 is 0. The van der Waals surface area contributed by atoms with E-state index in [1.165, 1.54) is 12.5 Å². The van der Waals surface area contributed by atoms with Gasteiger partial charge in [0.15, 0.2) is 0 Å². The molecular formula is C25H23N3O3. The average Bonchev–Trinajstić information content (AvgIpc) is 2.75. The minimum Gasteiger partial charge on any atom is -0.493 e. The van der Waals surface area contributed by atoms with Gasteiger partial charge in [-0.1, -0.05) is 0 Å². The number of fused-ring (bicyclic) bond motifs is 1. The minimum absolute atomic E-state index is 0.0502. The summed E-state index contributed by atoms with van der Waals surface area (Å²) in [5.41, 5.74) is 7.05. The molecule has 0 fully saturated rings. The fourth-order valence-corrected chi connectivity index (χ4v) is 4.54. The second-order valence-corrected chi connectivity index (χ2v) is 7.87. The maximum Gasteiger partial charge on any atom is 0.222 e. The molecule has 0 saturated carbocycles. The molecule has 2 aromatic heterocycles. The standard InChI is InChI=1S/C25H23N3O3/c1-14-13-20-18(4-6-22(28-20)27-15(2)30)24(17(14)8-11-29)19-3-5-21-23-16(9-12-31-21)7-10-26-25(19)23/h3-7,10,13,29H,8-9,11-12H2,1-2H3,(H,27,28,30). The van der Waals surface area contributed by atoms with Crippen molar-refractivity contribution in [2.45, 2.75) is 26.7 Å². The highest BCUT2D eigenvalue weighted by Gasteiger charge is 2.21. The topological polar surface area (TPSA) is 84.3 Å². The molecule has 2 aromatic carbocycles. The van der Waals surface area contributed by atoms with Crippen molar-refractivity contribution in [1.29, 1.82) is 0 Å². The molecule has 0 aliphatic carbocycles. The van der Waals surface area contributed by atoms with E-state index in [9.17, 15) is 9.90 Å². The molecule has 0 spiro atoms. The Labute approximate surface area is 179 Å². The van der Waals surface area contributed by atoms with Crippen molar-refractivity contribution >= 4 is 33.5 Å². The van der Waals surface area contributed by atoms with Gasteiger partial charge < -0.3 is 15.2 Å². The van der Waals surface area contributed by atoms with E-state index in [0.29, 0.717) is 18.8 Å². The fourth-order valence-electron chi connectivity index (χ4n) is 4.54. The first-order valence-electron chi connectivity index (χ1n) is 10.4. The minimum atomic E-state index is -0.159. The molecule has 0 bridgehead atoms. The van der Waals surface area contributed by atoms with E-state index in [4.69, 9.17) is 9.72 Å². The van der Waals surface area contributed by atoms with Crippen LogP contribution in [-0.2, 0) is 17.6 Å². The Bertz CT molecular complexity index is 1340. The van der Waals surface area contributed by atoms with Crippen molar-refractivity contribution in [3.8, 4) is 16.9 Å². The molecule has 0 radical (unpaired) electrons. The number of anilines is 1. The molecule has 1 aliphatic rings. The molecule has 2 N–H and O–H groups in total. The second-order valence-electron chi connectivity index (χ2n) is 7.87. The van der Waals surface area contributed by atoms with Crippen LogP contribution < -0.4 is 10.1 Å². The Morgan fingerprint density at radius 1 is 1.23 bits per heavy atom. The summed E-state index contributed by atoms with van der Waals surface area (Å²) in [6.07, 6.45) is 3.24. The Hall–Kier alpha value is -3.51. The molecule has 5 rings (SSSR count). The van der Waals surface area contributed by atoms with Gasteiger partial charge in [-0.2, -0.15) is 0 Å². The molecular weight excluding hydrogens is 390 g/mol. The fraction of sp³-hybridized carbons (Fsp3) is 0.240. The van der Waals surface area contributed by atoms with Gasteiger partial charge in [-0.25, -0.2) is 4.98 Å². The van der Waals surface area contributed by atoms with Crippen LogP contribution in [0.4, 0.5) is 5.82 Å². The van der Waals surface area contributed by atoms with Gasteiger partial charge in [0, 0.05) is 42.5 Å². The van der Waals surface area contributed by atoms with E-state index in [1.807, 2.05) is 37.4 Å². The van der Waals surface area contributed by atoms with Gasteiger partial charge in [-0.15, -0.1) is 0 Å². The summed E-state index contributed by atoms with van der Waals surface area (Å²) in [4.78, 5) is 20.9. The lowest BCUT2D eigenvalue weighted by molar-refractivity contribution is -0.114. The van der Waals surface area contributed by atoms with Gasteiger partial charge in [0.05, 0.1) is 17.6 Å². The summed E-state index contributed by atoms with van der Waals surface area (Å²) in [7, 11) is 0. The molecule has 6 nitrogen and oxygen atoms in total. The van der Waals surface area contributed by atoms with Gasteiger partial charge in [0.1, 0.15) is 11.6 Å². The third-order valence-corrected chi connectivity index (χ3v) is 5.83. The number of amides is 1. The number of carbonyl (C=O) groups is 1. The number of carbonyl (C=O) groups excluding carboxylic acids is 1. The summed E-state index contributed by atoms with van der Waals surface area (Å²) in [5, 5.41) is 14.6. The van der Waals surface area contributed by atoms with Crippen LogP contribution in [0.15, 0.2) is 42.6 Å². The predicted molar refractivity (Wildman–Crippen MR) is 122 cm³/mol. The number of hydrogen-bond donors (Lipinski definition) is 2. The van der Waals surface area contributed by atoms with Gasteiger partial charge in [-0.05, 0) is 72.0 Å². The number of nitrogens with one attached hydrogen (secondary N) is 1. The summed E-state index contributed by atoms with van der Waals surface area (Å²) in [6.45, 7) is 4.22. The van der Waals surface area contributed by atoms with Crippen LogP contribution in [0.5, 0.6) is 5.75 Å². The molecule has 0 saturated heterocycles. The highest BCUT2D eigenvalue weighted by atomic mass is 16.5. The van der Waals surface area contributed by atoms with Gasteiger partial charge in [0.25, 0.3) is 0 Å². The quantitative estimate of drug-likeness (QED) is 0.524. The normalized spacial score (nSPS) is 12.7. The largest absolute Gasteiger partial charge is 0.493 e. The number of pyridine rings is 2. The Kier molecular flexibility index (Phi) is 4.79. The Morgan fingerprint density at radius 3 is 2.90 bits per heavy atom. The number of aliphatic hydroxyl groups is 1. The highest BCUT2D eigenvalue weighted by molar-refractivity contribution is 6.07. The smallest absolute Gasteiger partial charge is 0.222 e. The molecule has 3 heterocycles. The van der Waals surface area contributed by atoms with E-state index in [0.717, 1.165) is 56.2 Å². The maximum absolute atomic E-state index is 11.5. The first-order chi connectivity index (χ1) is 15.1. The van der Waals surface area contributed by atoms with E-state index >= 15 is 0 Å². The lowest BCUT2D eigenvalue weighted by atomic mass is 9.88. The van der Waals surface area contributed by atoms with Crippen molar-refractivity contribution in [2.24, 2.45) is 0 Å². The zero-order valence-corrected chi connectivity index (χ0v) is 17.5. The number of aliphatic hydroxyl groups excluding tert-OH is 1. The number of benzene rings is 2. The van der Waals surface area contributed by atoms with Gasteiger partial charge >= 0.3 is 0 Å². The van der Waals surface area contributed by atoms with Crippen molar-refractivity contribution in [1.82, 2.24) is 9.97 Å². The number of aryl methyl sites for hydroxylation is 1. The summed E-state index contributed by atoms with van der Waals surface area (Å²) < 4.78 is 5.90. The monoisotopic (exact) mass is 413 g/mol. The van der Waals surface area contributed by atoms with Crippen LogP contribution in [0, 0.1) is 6.92 Å². The molecule has 4 aromatic rings. The number of aromatic nitrogens is 2. The Balaban J connectivity index is 1.84. The van der Waals surface area contributed by atoms with E-state index in [2.05, 4.69) is 22.4 Å². The zero-order valence-electron chi connectivity index (χ0n) is 17.5. The molecule has 0 unspecified atom stereocenters. The predicted octanol–water partition coefficient (Wildman–Crippen LogP) is 4.19. The number of rotatable bonds is 4. The first kappa shape index (κ1) is 19.5. The number of ether oxygens (including phenoxy) is 1. The zero-order chi connectivity index (χ0) is 21.5. The van der Waals surface area contributed by atoms with Crippen LogP contribution in [0.1, 0.15) is 23.6 Å². The van der Waals surface area contributed by atoms with Crippen molar-refractivity contribution in [3.05, 3.63) is 59.3 Å². The van der Waals surface area contributed by atoms with E-state index in [1.54, 1.807) is 0 Å². The molecule has 31 heavy (non-hydrogen) atoms. The van der Waals surface area contributed by atoms with Crippen LogP contribution in [0.25, 0.3) is 32.9 Å². The van der Waals surface area contributed by atoms with Crippen molar-refractivity contribution in [3.63, 3.8) is 0 Å². The molecule has 1 amide bonds. The number of hydrogen-bond acceptors (Lipinski definition) is 5. The van der Waals surface area contributed by atoms with Crippen LogP contribution in [0.3, 0.4) is 0 Å². The first-order valence-corrected chi connectivity index (χ1v) is 10.4. The van der Waals surface area contributed by atoms with Crippen LogP contribution in [0.2, 0.25) is 0 Å². The number of nitrogens with zero attached hydrogens (tertiary/aromatic N) is 2. The van der Waals surface area contributed by atoms with Gasteiger partial charge in [0.2, 0.25) is 5.91 Å². The van der Waals surface area contributed by atoms with Gasteiger partial charge in [-0.3, -0.25) is 9.78 Å².